The number of likely N-dealkylation sites (tertiary alicyclic amines) is 1. The first-order valence-electron chi connectivity index (χ1n) is 8.34. The second-order valence-electron chi connectivity index (χ2n) is 6.11. The van der Waals surface area contributed by atoms with Gasteiger partial charge in [0.1, 0.15) is 17.4 Å². The number of amides is 3. The van der Waals surface area contributed by atoms with Gasteiger partial charge in [-0.1, -0.05) is 0 Å². The van der Waals surface area contributed by atoms with Gasteiger partial charge in [0.2, 0.25) is 5.91 Å². The fourth-order valence-electron chi connectivity index (χ4n) is 2.86. The molecule has 1 saturated heterocycles. The highest BCUT2D eigenvalue weighted by Crippen LogP contribution is 2.20. The van der Waals surface area contributed by atoms with Crippen molar-refractivity contribution in [2.45, 2.75) is 19.4 Å². The van der Waals surface area contributed by atoms with E-state index in [1.165, 1.54) is 11.0 Å². The zero-order valence-corrected chi connectivity index (χ0v) is 14.0. The van der Waals surface area contributed by atoms with E-state index >= 15 is 0 Å². The minimum atomic E-state index is -0.828. The summed E-state index contributed by atoms with van der Waals surface area (Å²) in [5.74, 6) is -1.12. The van der Waals surface area contributed by atoms with Crippen molar-refractivity contribution in [3.63, 3.8) is 0 Å². The molecule has 0 atom stereocenters. The first-order valence-corrected chi connectivity index (χ1v) is 8.34. The van der Waals surface area contributed by atoms with E-state index in [1.54, 1.807) is 18.4 Å². The molecule has 6 nitrogen and oxygen atoms in total. The fourth-order valence-corrected chi connectivity index (χ4v) is 2.86. The molecule has 26 heavy (non-hydrogen) atoms. The number of hydrogen-bond donors (Lipinski definition) is 2. The predicted octanol–water partition coefficient (Wildman–Crippen LogP) is 3.12. The van der Waals surface area contributed by atoms with Crippen molar-refractivity contribution in [3.05, 3.63) is 54.0 Å². The third-order valence-corrected chi connectivity index (χ3v) is 4.34. The maximum Gasteiger partial charge on any atom is 0.321 e. The summed E-state index contributed by atoms with van der Waals surface area (Å²) in [6, 6.07) is 6.03. The molecule has 2 aromatic rings. The Morgan fingerprint density at radius 1 is 1.19 bits per heavy atom. The van der Waals surface area contributed by atoms with Crippen LogP contribution >= 0.6 is 0 Å². The van der Waals surface area contributed by atoms with Crippen molar-refractivity contribution >= 4 is 17.6 Å². The average molecular weight is 363 g/mol. The summed E-state index contributed by atoms with van der Waals surface area (Å²) in [6.45, 7) is 1.09. The minimum absolute atomic E-state index is 0.0743. The standard InChI is InChI=1S/C18H19F2N3O3/c19-13-3-4-16(15(20)10-13)22-18(25)23-7-5-12(6-8-23)17(24)21-11-14-2-1-9-26-14/h1-4,9-10,12H,5-8,11H2,(H,21,24)(H,22,25). The second-order valence-corrected chi connectivity index (χ2v) is 6.11. The molecule has 2 heterocycles. The van der Waals surface area contributed by atoms with Crippen molar-refractivity contribution < 1.29 is 22.8 Å². The summed E-state index contributed by atoms with van der Waals surface area (Å²) in [5, 5.41) is 5.24. The van der Waals surface area contributed by atoms with Crippen LogP contribution in [0.2, 0.25) is 0 Å². The molecule has 1 fully saturated rings. The molecular formula is C18H19F2N3O3. The van der Waals surface area contributed by atoms with Crippen LogP contribution in [0.4, 0.5) is 19.3 Å². The maximum atomic E-state index is 13.6. The molecule has 0 radical (unpaired) electrons. The largest absolute Gasteiger partial charge is 0.467 e. The molecule has 2 N–H and O–H groups in total. The number of carbonyl (C=O) groups excluding carboxylic acids is 2. The van der Waals surface area contributed by atoms with Crippen molar-refractivity contribution in [1.82, 2.24) is 10.2 Å². The molecule has 0 bridgehead atoms. The lowest BCUT2D eigenvalue weighted by molar-refractivity contribution is -0.126. The van der Waals surface area contributed by atoms with Gasteiger partial charge in [-0.2, -0.15) is 0 Å². The zero-order chi connectivity index (χ0) is 18.5. The van der Waals surface area contributed by atoms with Gasteiger partial charge >= 0.3 is 6.03 Å². The number of halogens is 2. The van der Waals surface area contributed by atoms with Gasteiger partial charge < -0.3 is 20.0 Å². The number of nitrogens with one attached hydrogen (secondary N) is 2. The second kappa shape index (κ2) is 7.99. The van der Waals surface area contributed by atoms with Gasteiger partial charge in [0.15, 0.2) is 0 Å². The molecule has 1 aromatic heterocycles. The molecule has 1 aliphatic rings. The number of carbonyl (C=O) groups is 2. The Bertz CT molecular complexity index is 772. The van der Waals surface area contributed by atoms with Gasteiger partial charge in [-0.05, 0) is 37.1 Å². The lowest BCUT2D eigenvalue weighted by Gasteiger charge is -2.31. The number of piperidine rings is 1. The average Bonchev–Trinajstić information content (AvgIpc) is 3.15. The van der Waals surface area contributed by atoms with Crippen LogP contribution in [0, 0.1) is 17.6 Å². The molecule has 1 aromatic carbocycles. The van der Waals surface area contributed by atoms with Gasteiger partial charge in [0, 0.05) is 25.1 Å². The van der Waals surface area contributed by atoms with E-state index in [-0.39, 0.29) is 17.5 Å². The SMILES string of the molecule is O=C(NCc1ccco1)C1CCN(C(=O)Nc2ccc(F)cc2F)CC1. The van der Waals surface area contributed by atoms with Crippen molar-refractivity contribution in [3.8, 4) is 0 Å². The fraction of sp³-hybridized carbons (Fsp3) is 0.333. The van der Waals surface area contributed by atoms with E-state index in [0.29, 0.717) is 44.3 Å². The van der Waals surface area contributed by atoms with Crippen LogP contribution in [0.1, 0.15) is 18.6 Å². The van der Waals surface area contributed by atoms with Crippen molar-refractivity contribution in [2.75, 3.05) is 18.4 Å². The number of urea groups is 1. The molecule has 0 aliphatic carbocycles. The number of furan rings is 1. The van der Waals surface area contributed by atoms with Crippen molar-refractivity contribution in [2.24, 2.45) is 5.92 Å². The summed E-state index contributed by atoms with van der Waals surface area (Å²) >= 11 is 0. The number of rotatable bonds is 4. The quantitative estimate of drug-likeness (QED) is 0.876. The van der Waals surface area contributed by atoms with Gasteiger partial charge in [-0.3, -0.25) is 4.79 Å². The highest BCUT2D eigenvalue weighted by Gasteiger charge is 2.27. The molecule has 3 rings (SSSR count). The molecule has 3 amide bonds. The van der Waals surface area contributed by atoms with Crippen LogP contribution in [0.15, 0.2) is 41.0 Å². The molecule has 0 saturated carbocycles. The summed E-state index contributed by atoms with van der Waals surface area (Å²) in [5.41, 5.74) is -0.0743. The Balaban J connectivity index is 1.46. The maximum absolute atomic E-state index is 13.6. The van der Waals surface area contributed by atoms with Crippen LogP contribution in [0.25, 0.3) is 0 Å². The van der Waals surface area contributed by atoms with E-state index in [1.807, 2.05) is 0 Å². The Kier molecular flexibility index (Phi) is 5.50. The topological polar surface area (TPSA) is 74.6 Å². The van der Waals surface area contributed by atoms with E-state index in [4.69, 9.17) is 4.42 Å². The first kappa shape index (κ1) is 17.9. The Morgan fingerprint density at radius 2 is 1.96 bits per heavy atom. The van der Waals surface area contributed by atoms with Gasteiger partial charge in [0.05, 0.1) is 18.5 Å². The number of nitrogens with zero attached hydrogens (tertiary/aromatic N) is 1. The molecule has 1 aliphatic heterocycles. The number of anilines is 1. The summed E-state index contributed by atoms with van der Waals surface area (Å²) in [7, 11) is 0. The van der Waals surface area contributed by atoms with Crippen molar-refractivity contribution in [1.29, 1.82) is 0 Å². The lowest BCUT2D eigenvalue weighted by Crippen LogP contribution is -2.44. The zero-order valence-electron chi connectivity index (χ0n) is 14.0. The van der Waals surface area contributed by atoms with Crippen LogP contribution in [-0.4, -0.2) is 29.9 Å². The monoisotopic (exact) mass is 363 g/mol. The smallest absolute Gasteiger partial charge is 0.321 e. The van der Waals surface area contributed by atoms with Crippen LogP contribution in [-0.2, 0) is 11.3 Å². The Hall–Kier alpha value is -2.90. The van der Waals surface area contributed by atoms with E-state index in [2.05, 4.69) is 10.6 Å². The molecular weight excluding hydrogens is 344 g/mol. The molecule has 0 spiro atoms. The Morgan fingerprint density at radius 3 is 2.62 bits per heavy atom. The summed E-state index contributed by atoms with van der Waals surface area (Å²) in [6.07, 6.45) is 2.58. The summed E-state index contributed by atoms with van der Waals surface area (Å²) < 4.78 is 31.7. The minimum Gasteiger partial charge on any atom is -0.467 e. The van der Waals surface area contributed by atoms with Gasteiger partial charge in [-0.25, -0.2) is 13.6 Å². The molecule has 138 valence electrons. The van der Waals surface area contributed by atoms with Crippen LogP contribution in [0.5, 0.6) is 0 Å². The number of hydrogen-bond acceptors (Lipinski definition) is 3. The van der Waals surface area contributed by atoms with Crippen LogP contribution < -0.4 is 10.6 Å². The lowest BCUT2D eigenvalue weighted by atomic mass is 9.96. The highest BCUT2D eigenvalue weighted by atomic mass is 19.1. The third kappa shape index (κ3) is 4.38. The van der Waals surface area contributed by atoms with E-state index in [9.17, 15) is 18.4 Å². The van der Waals surface area contributed by atoms with Crippen LogP contribution in [0.3, 0.4) is 0 Å². The highest BCUT2D eigenvalue weighted by molar-refractivity contribution is 5.89. The Labute approximate surface area is 149 Å². The van der Waals surface area contributed by atoms with E-state index in [0.717, 1.165) is 6.07 Å². The van der Waals surface area contributed by atoms with E-state index < -0.39 is 17.7 Å². The van der Waals surface area contributed by atoms with Gasteiger partial charge in [-0.15, -0.1) is 0 Å². The first-order chi connectivity index (χ1) is 12.5. The summed E-state index contributed by atoms with van der Waals surface area (Å²) in [4.78, 5) is 25.9. The normalized spacial score (nSPS) is 14.9. The third-order valence-electron chi connectivity index (χ3n) is 4.34. The molecule has 0 unspecified atom stereocenters. The molecule has 8 heteroatoms. The number of benzene rings is 1. The predicted molar refractivity (Wildman–Crippen MR) is 90.2 cm³/mol. The van der Waals surface area contributed by atoms with Gasteiger partial charge in [0.25, 0.3) is 0 Å².